The van der Waals surface area contributed by atoms with Gasteiger partial charge in [0.2, 0.25) is 0 Å². The lowest BCUT2D eigenvalue weighted by molar-refractivity contribution is -0.115. The van der Waals surface area contributed by atoms with E-state index < -0.39 is 5.92 Å². The van der Waals surface area contributed by atoms with Crippen molar-refractivity contribution in [2.45, 2.75) is 20.3 Å². The Morgan fingerprint density at radius 3 is 2.76 bits per heavy atom. The first-order chi connectivity index (χ1) is 8.15. The number of ketones is 2. The molecule has 0 N–H and O–H groups in total. The molecule has 1 aliphatic heterocycles. The molecule has 0 aliphatic carbocycles. The van der Waals surface area contributed by atoms with Gasteiger partial charge in [-0.05, 0) is 12.1 Å². The van der Waals surface area contributed by atoms with Crippen LogP contribution >= 0.6 is 0 Å². The average Bonchev–Trinajstić information content (AvgIpc) is 2.49. The summed E-state index contributed by atoms with van der Waals surface area (Å²) in [6.45, 7) is 3.52. The topological polar surface area (TPSA) is 43.4 Å². The Kier molecular flexibility index (Phi) is 3.09. The predicted molar refractivity (Wildman–Crippen MR) is 63.9 cm³/mol. The molecule has 0 aromatic heterocycles. The van der Waals surface area contributed by atoms with Crippen LogP contribution in [-0.2, 0) is 4.79 Å². The highest BCUT2D eigenvalue weighted by Gasteiger charge is 2.28. The van der Waals surface area contributed by atoms with Crippen LogP contribution in [0.4, 0.5) is 0 Å². The van der Waals surface area contributed by atoms with Crippen LogP contribution in [0, 0.1) is 5.92 Å². The molecule has 0 saturated carbocycles. The monoisotopic (exact) mass is 230 g/mol. The molecule has 1 atom stereocenters. The number of benzene rings is 1. The van der Waals surface area contributed by atoms with E-state index in [0.717, 1.165) is 0 Å². The second-order valence-electron chi connectivity index (χ2n) is 4.05. The number of carbonyl (C=O) groups is 2. The Balaban J connectivity index is 2.45. The third kappa shape index (κ3) is 2.00. The Morgan fingerprint density at radius 1 is 1.35 bits per heavy atom. The summed E-state index contributed by atoms with van der Waals surface area (Å²) in [7, 11) is 0. The van der Waals surface area contributed by atoms with Gasteiger partial charge in [-0.1, -0.05) is 26.0 Å². The summed E-state index contributed by atoms with van der Waals surface area (Å²) in [4.78, 5) is 23.9. The molecule has 0 radical (unpaired) electrons. The summed E-state index contributed by atoms with van der Waals surface area (Å²) in [6.07, 6.45) is 1.80. The fourth-order valence-corrected chi connectivity index (χ4v) is 1.89. The number of allylic oxidation sites excluding steroid dienone is 1. The van der Waals surface area contributed by atoms with Crippen LogP contribution < -0.4 is 4.74 Å². The zero-order chi connectivity index (χ0) is 12.4. The van der Waals surface area contributed by atoms with Gasteiger partial charge in [0, 0.05) is 12.0 Å². The molecule has 0 fully saturated rings. The maximum atomic E-state index is 12.2. The molecule has 0 amide bonds. The van der Waals surface area contributed by atoms with Crippen LogP contribution in [0.1, 0.15) is 30.6 Å². The molecule has 0 bridgehead atoms. The molecule has 2 rings (SSSR count). The number of Topliss-reactive ketones (excluding diaryl/α,β-unsaturated/α-hetero) is 2. The van der Waals surface area contributed by atoms with Gasteiger partial charge in [-0.3, -0.25) is 9.59 Å². The molecule has 0 saturated heterocycles. The average molecular weight is 230 g/mol. The van der Waals surface area contributed by atoms with Crippen LogP contribution in [0.25, 0.3) is 0 Å². The fraction of sp³-hybridized carbons (Fsp3) is 0.286. The molecule has 1 heterocycles. The van der Waals surface area contributed by atoms with Crippen LogP contribution in [0.3, 0.4) is 0 Å². The molecule has 88 valence electrons. The lowest BCUT2D eigenvalue weighted by Gasteiger charge is -2.09. The van der Waals surface area contributed by atoms with Crippen LogP contribution in [0.5, 0.6) is 5.75 Å². The zero-order valence-corrected chi connectivity index (χ0v) is 9.90. The summed E-state index contributed by atoms with van der Waals surface area (Å²) < 4.78 is 5.42. The maximum Gasteiger partial charge on any atom is 0.174 e. The highest BCUT2D eigenvalue weighted by atomic mass is 16.5. The van der Waals surface area contributed by atoms with E-state index in [1.165, 1.54) is 6.26 Å². The second-order valence-corrected chi connectivity index (χ2v) is 4.05. The SMILES string of the molecule is CCC(=O)C1=COc2ccccc2C(=O)C1C. The number of hydrogen-bond donors (Lipinski definition) is 0. The van der Waals surface area contributed by atoms with Crippen molar-refractivity contribution in [2.75, 3.05) is 0 Å². The first-order valence-corrected chi connectivity index (χ1v) is 5.68. The van der Waals surface area contributed by atoms with Gasteiger partial charge in [0.15, 0.2) is 11.6 Å². The summed E-state index contributed by atoms with van der Waals surface area (Å²) in [5.74, 6) is -0.0286. The summed E-state index contributed by atoms with van der Waals surface area (Å²) in [6, 6.07) is 7.05. The summed E-state index contributed by atoms with van der Waals surface area (Å²) in [5.41, 5.74) is 0.990. The van der Waals surface area contributed by atoms with E-state index in [0.29, 0.717) is 23.3 Å². The number of para-hydroxylation sites is 1. The van der Waals surface area contributed by atoms with Gasteiger partial charge in [-0.15, -0.1) is 0 Å². The van der Waals surface area contributed by atoms with Crippen molar-refractivity contribution in [3.05, 3.63) is 41.7 Å². The van der Waals surface area contributed by atoms with Crippen molar-refractivity contribution in [1.82, 2.24) is 0 Å². The van der Waals surface area contributed by atoms with Gasteiger partial charge in [0.1, 0.15) is 5.75 Å². The van der Waals surface area contributed by atoms with Gasteiger partial charge in [0.05, 0.1) is 17.7 Å². The van der Waals surface area contributed by atoms with E-state index in [4.69, 9.17) is 4.74 Å². The van der Waals surface area contributed by atoms with Crippen LogP contribution in [0.2, 0.25) is 0 Å². The highest BCUT2D eigenvalue weighted by Crippen LogP contribution is 2.29. The first-order valence-electron chi connectivity index (χ1n) is 5.68. The minimum Gasteiger partial charge on any atom is -0.464 e. The van der Waals surface area contributed by atoms with Crippen LogP contribution in [-0.4, -0.2) is 11.6 Å². The minimum absolute atomic E-state index is 0.0429. The Labute approximate surface area is 100 Å². The van der Waals surface area contributed by atoms with Gasteiger partial charge in [-0.2, -0.15) is 0 Å². The lowest BCUT2D eigenvalue weighted by atomic mass is 9.90. The standard InChI is InChI=1S/C14H14O3/c1-3-12(15)11-8-17-13-7-5-4-6-10(13)14(16)9(11)2/h4-9H,3H2,1-2H3. The highest BCUT2D eigenvalue weighted by molar-refractivity contribution is 6.08. The van der Waals surface area contributed by atoms with Gasteiger partial charge >= 0.3 is 0 Å². The Bertz CT molecular complexity index is 500. The van der Waals surface area contributed by atoms with Gasteiger partial charge in [-0.25, -0.2) is 0 Å². The van der Waals surface area contributed by atoms with Crippen LogP contribution in [0.15, 0.2) is 36.1 Å². The summed E-state index contributed by atoms with van der Waals surface area (Å²) >= 11 is 0. The van der Waals surface area contributed by atoms with E-state index in [1.807, 2.05) is 0 Å². The molecular weight excluding hydrogens is 216 g/mol. The van der Waals surface area contributed by atoms with E-state index >= 15 is 0 Å². The molecular formula is C14H14O3. The number of ether oxygens (including phenoxy) is 1. The second kappa shape index (κ2) is 4.53. The van der Waals surface area contributed by atoms with E-state index in [2.05, 4.69) is 0 Å². The molecule has 1 aliphatic rings. The minimum atomic E-state index is -0.439. The maximum absolute atomic E-state index is 12.2. The van der Waals surface area contributed by atoms with Gasteiger partial charge < -0.3 is 4.74 Å². The molecule has 3 heteroatoms. The summed E-state index contributed by atoms with van der Waals surface area (Å²) in [5, 5.41) is 0. The third-order valence-electron chi connectivity index (χ3n) is 2.97. The van der Waals surface area contributed by atoms with Crippen molar-refractivity contribution >= 4 is 11.6 Å². The van der Waals surface area contributed by atoms with Crippen molar-refractivity contribution < 1.29 is 14.3 Å². The van der Waals surface area contributed by atoms with Crippen molar-refractivity contribution in [1.29, 1.82) is 0 Å². The largest absolute Gasteiger partial charge is 0.464 e. The molecule has 0 spiro atoms. The zero-order valence-electron chi connectivity index (χ0n) is 9.90. The van der Waals surface area contributed by atoms with Crippen molar-refractivity contribution in [3.63, 3.8) is 0 Å². The van der Waals surface area contributed by atoms with E-state index in [-0.39, 0.29) is 11.6 Å². The molecule has 3 nitrogen and oxygen atoms in total. The lowest BCUT2D eigenvalue weighted by Crippen LogP contribution is -2.17. The van der Waals surface area contributed by atoms with Crippen molar-refractivity contribution in [2.24, 2.45) is 5.92 Å². The van der Waals surface area contributed by atoms with E-state index in [9.17, 15) is 9.59 Å². The Morgan fingerprint density at radius 2 is 2.06 bits per heavy atom. The fourth-order valence-electron chi connectivity index (χ4n) is 1.89. The predicted octanol–water partition coefficient (Wildman–Crippen LogP) is 2.76. The van der Waals surface area contributed by atoms with Crippen molar-refractivity contribution in [3.8, 4) is 5.75 Å². The van der Waals surface area contributed by atoms with E-state index in [1.54, 1.807) is 38.1 Å². The number of fused-ring (bicyclic) bond motifs is 1. The molecule has 17 heavy (non-hydrogen) atoms. The molecule has 1 unspecified atom stereocenters. The smallest absolute Gasteiger partial charge is 0.174 e. The molecule has 1 aromatic carbocycles. The quantitative estimate of drug-likeness (QED) is 0.784. The van der Waals surface area contributed by atoms with Gasteiger partial charge in [0.25, 0.3) is 0 Å². The number of carbonyl (C=O) groups excluding carboxylic acids is 2. The Hall–Kier alpha value is -1.90. The normalized spacial score (nSPS) is 18.8. The third-order valence-corrected chi connectivity index (χ3v) is 2.97. The number of rotatable bonds is 2. The number of hydrogen-bond acceptors (Lipinski definition) is 3. The molecule has 1 aromatic rings. The first kappa shape index (κ1) is 11.6.